The number of unbranched alkanes of at least 4 members (excludes halogenated alkanes) is 1. The molecule has 4 nitrogen and oxygen atoms in total. The molecule has 0 unspecified atom stereocenters. The predicted octanol–water partition coefficient (Wildman–Crippen LogP) is 0.556. The molecule has 0 amide bonds. The monoisotopic (exact) mass is 189 g/mol. The summed E-state index contributed by atoms with van der Waals surface area (Å²) in [5.74, 6) is -0.749. The topological polar surface area (TPSA) is 60.8 Å². The fourth-order valence-electron chi connectivity index (χ4n) is 1.13. The van der Waals surface area contributed by atoms with Crippen LogP contribution in [0.25, 0.3) is 0 Å². The normalized spacial score (nSPS) is 10.7. The minimum atomic E-state index is -0.749. The highest BCUT2D eigenvalue weighted by atomic mass is 16.4. The Morgan fingerprint density at radius 1 is 1.31 bits per heavy atom. The van der Waals surface area contributed by atoms with Crippen molar-refractivity contribution in [1.29, 1.82) is 0 Å². The lowest BCUT2D eigenvalue weighted by atomic mass is 10.3. The van der Waals surface area contributed by atoms with Crippen LogP contribution in [0.15, 0.2) is 0 Å². The highest BCUT2D eigenvalue weighted by Crippen LogP contribution is 1.96. The van der Waals surface area contributed by atoms with Crippen molar-refractivity contribution in [2.75, 3.05) is 26.2 Å². The number of nitrogens with zero attached hydrogens (tertiary/aromatic N) is 1. The zero-order valence-corrected chi connectivity index (χ0v) is 8.20. The molecule has 0 rings (SSSR count). The lowest BCUT2D eigenvalue weighted by molar-refractivity contribution is -0.137. The van der Waals surface area contributed by atoms with E-state index in [-0.39, 0.29) is 13.0 Å². The van der Waals surface area contributed by atoms with Crippen LogP contribution in [0.5, 0.6) is 0 Å². The van der Waals surface area contributed by atoms with E-state index in [4.69, 9.17) is 10.2 Å². The zero-order chi connectivity index (χ0) is 10.1. The van der Waals surface area contributed by atoms with Crippen molar-refractivity contribution < 1.29 is 15.0 Å². The van der Waals surface area contributed by atoms with Crippen LogP contribution in [0.4, 0.5) is 0 Å². The average Bonchev–Trinajstić information content (AvgIpc) is 2.10. The summed E-state index contributed by atoms with van der Waals surface area (Å²) >= 11 is 0. The molecule has 0 aliphatic rings. The number of carboxylic acids is 1. The van der Waals surface area contributed by atoms with E-state index in [1.54, 1.807) is 0 Å². The van der Waals surface area contributed by atoms with Gasteiger partial charge in [-0.25, -0.2) is 0 Å². The van der Waals surface area contributed by atoms with Gasteiger partial charge in [0.25, 0.3) is 0 Å². The summed E-state index contributed by atoms with van der Waals surface area (Å²) in [6, 6.07) is 0. The second-order valence-corrected chi connectivity index (χ2v) is 3.01. The van der Waals surface area contributed by atoms with Crippen LogP contribution in [0.3, 0.4) is 0 Å². The predicted molar refractivity (Wildman–Crippen MR) is 50.7 cm³/mol. The second kappa shape index (κ2) is 8.01. The molecule has 0 saturated heterocycles. The van der Waals surface area contributed by atoms with E-state index >= 15 is 0 Å². The van der Waals surface area contributed by atoms with Gasteiger partial charge in [-0.1, -0.05) is 6.92 Å². The van der Waals surface area contributed by atoms with Crippen LogP contribution in [0, 0.1) is 0 Å². The largest absolute Gasteiger partial charge is 0.481 e. The fraction of sp³-hybridized carbons (Fsp3) is 0.889. The van der Waals surface area contributed by atoms with E-state index in [2.05, 4.69) is 4.90 Å². The lowest BCUT2D eigenvalue weighted by Crippen LogP contribution is -2.27. The summed E-state index contributed by atoms with van der Waals surface area (Å²) in [6.45, 7) is 4.59. The van der Waals surface area contributed by atoms with Gasteiger partial charge < -0.3 is 15.1 Å². The third-order valence-electron chi connectivity index (χ3n) is 1.97. The first-order valence-electron chi connectivity index (χ1n) is 4.75. The quantitative estimate of drug-likeness (QED) is 0.548. The molecule has 0 radical (unpaired) electrons. The van der Waals surface area contributed by atoms with Crippen LogP contribution in [0.2, 0.25) is 0 Å². The Morgan fingerprint density at radius 3 is 2.46 bits per heavy atom. The van der Waals surface area contributed by atoms with Gasteiger partial charge in [-0.15, -0.1) is 0 Å². The summed E-state index contributed by atoms with van der Waals surface area (Å²) in [7, 11) is 0. The number of carboxylic acid groups (broad SMARTS) is 1. The number of hydrogen-bond donors (Lipinski definition) is 2. The van der Waals surface area contributed by atoms with E-state index in [1.165, 1.54) is 0 Å². The number of aliphatic hydroxyl groups is 1. The van der Waals surface area contributed by atoms with Crippen LogP contribution in [0.1, 0.15) is 26.2 Å². The molecule has 0 atom stereocenters. The Morgan fingerprint density at radius 2 is 2.00 bits per heavy atom. The molecule has 0 saturated carbocycles. The molecule has 0 spiro atoms. The second-order valence-electron chi connectivity index (χ2n) is 3.01. The molecule has 0 aliphatic heterocycles. The molecular weight excluding hydrogens is 170 g/mol. The van der Waals surface area contributed by atoms with E-state index in [1.807, 2.05) is 6.92 Å². The number of rotatable bonds is 8. The maximum atomic E-state index is 10.3. The van der Waals surface area contributed by atoms with Crippen molar-refractivity contribution in [3.05, 3.63) is 0 Å². The Labute approximate surface area is 79.2 Å². The molecule has 0 fully saturated rings. The van der Waals surface area contributed by atoms with Gasteiger partial charge in [0.05, 0.1) is 6.42 Å². The molecule has 0 bridgehead atoms. The summed E-state index contributed by atoms with van der Waals surface area (Å²) in [5, 5.41) is 17.0. The van der Waals surface area contributed by atoms with Crippen molar-refractivity contribution in [2.45, 2.75) is 26.2 Å². The molecule has 78 valence electrons. The molecule has 13 heavy (non-hydrogen) atoms. The molecule has 0 aromatic carbocycles. The molecule has 0 aromatic heterocycles. The van der Waals surface area contributed by atoms with Crippen LogP contribution < -0.4 is 0 Å². The fourth-order valence-corrected chi connectivity index (χ4v) is 1.13. The van der Waals surface area contributed by atoms with Gasteiger partial charge in [-0.2, -0.15) is 0 Å². The summed E-state index contributed by atoms with van der Waals surface area (Å²) < 4.78 is 0. The minimum Gasteiger partial charge on any atom is -0.481 e. The number of aliphatic hydroxyl groups excluding tert-OH is 1. The summed E-state index contributed by atoms with van der Waals surface area (Å²) in [6.07, 6.45) is 1.93. The summed E-state index contributed by atoms with van der Waals surface area (Å²) in [4.78, 5) is 12.4. The van der Waals surface area contributed by atoms with Gasteiger partial charge in [0.2, 0.25) is 0 Å². The van der Waals surface area contributed by atoms with Gasteiger partial charge in [0.1, 0.15) is 0 Å². The average molecular weight is 189 g/mol. The van der Waals surface area contributed by atoms with Crippen LogP contribution in [-0.2, 0) is 4.79 Å². The van der Waals surface area contributed by atoms with E-state index in [0.717, 1.165) is 25.9 Å². The Bertz CT molecular complexity index is 139. The van der Waals surface area contributed by atoms with Gasteiger partial charge >= 0.3 is 5.97 Å². The first-order valence-corrected chi connectivity index (χ1v) is 4.75. The first kappa shape index (κ1) is 12.4. The first-order chi connectivity index (χ1) is 6.20. The van der Waals surface area contributed by atoms with Crippen LogP contribution >= 0.6 is 0 Å². The van der Waals surface area contributed by atoms with Gasteiger partial charge in [-0.05, 0) is 25.9 Å². The minimum absolute atomic E-state index is 0.201. The molecular formula is C9H19NO3. The van der Waals surface area contributed by atoms with Crippen molar-refractivity contribution in [2.24, 2.45) is 0 Å². The highest BCUT2D eigenvalue weighted by Gasteiger charge is 2.04. The Kier molecular flexibility index (Phi) is 7.63. The van der Waals surface area contributed by atoms with Crippen molar-refractivity contribution in [3.63, 3.8) is 0 Å². The standard InChI is InChI=1S/C9H19NO3/c1-2-10(6-3-4-8-11)7-5-9(12)13/h11H,2-8H2,1H3,(H,12,13). The smallest absolute Gasteiger partial charge is 0.304 e. The maximum Gasteiger partial charge on any atom is 0.304 e. The molecule has 0 heterocycles. The van der Waals surface area contributed by atoms with Gasteiger partial charge in [-0.3, -0.25) is 4.79 Å². The van der Waals surface area contributed by atoms with Crippen molar-refractivity contribution >= 4 is 5.97 Å². The molecule has 4 heteroatoms. The van der Waals surface area contributed by atoms with E-state index < -0.39 is 5.97 Å². The Hall–Kier alpha value is -0.610. The third-order valence-corrected chi connectivity index (χ3v) is 1.97. The lowest BCUT2D eigenvalue weighted by Gasteiger charge is -2.18. The van der Waals surface area contributed by atoms with Crippen molar-refractivity contribution in [3.8, 4) is 0 Å². The number of hydrogen-bond acceptors (Lipinski definition) is 3. The molecule has 0 aromatic rings. The third kappa shape index (κ3) is 7.74. The zero-order valence-electron chi connectivity index (χ0n) is 8.20. The highest BCUT2D eigenvalue weighted by molar-refractivity contribution is 5.66. The number of aliphatic carboxylic acids is 1. The SMILES string of the molecule is CCN(CCCCO)CCC(=O)O. The van der Waals surface area contributed by atoms with Gasteiger partial charge in [0, 0.05) is 13.2 Å². The van der Waals surface area contributed by atoms with Gasteiger partial charge in [0.15, 0.2) is 0 Å². The molecule has 2 N–H and O–H groups in total. The van der Waals surface area contributed by atoms with Crippen LogP contribution in [-0.4, -0.2) is 47.3 Å². The summed E-state index contributed by atoms with van der Waals surface area (Å²) in [5.41, 5.74) is 0. The maximum absolute atomic E-state index is 10.3. The molecule has 0 aliphatic carbocycles. The van der Waals surface area contributed by atoms with E-state index in [9.17, 15) is 4.79 Å². The number of carbonyl (C=O) groups is 1. The van der Waals surface area contributed by atoms with Crippen molar-refractivity contribution in [1.82, 2.24) is 4.90 Å². The Balaban J connectivity index is 3.45. The van der Waals surface area contributed by atoms with E-state index in [0.29, 0.717) is 6.54 Å².